The van der Waals surface area contributed by atoms with Crippen LogP contribution in [0.25, 0.3) is 0 Å². The van der Waals surface area contributed by atoms with Gasteiger partial charge in [-0.25, -0.2) is 9.97 Å². The van der Waals surface area contributed by atoms with Crippen molar-refractivity contribution in [1.82, 2.24) is 15.3 Å². The molecular weight excluding hydrogens is 194 g/mol. The fraction of sp³-hybridized carbons (Fsp3) is 0.600. The number of nitrogens with zero attached hydrogens (tertiary/aromatic N) is 2. The summed E-state index contributed by atoms with van der Waals surface area (Å²) in [6.07, 6.45) is 1.81. The molecule has 0 radical (unpaired) electrons. The second-order valence-corrected chi connectivity index (χ2v) is 4.36. The topological polar surface area (TPSA) is 37.8 Å². The first-order chi connectivity index (χ1) is 6.83. The molecule has 0 aliphatic carbocycles. The Morgan fingerprint density at radius 2 is 2.36 bits per heavy atom. The van der Waals surface area contributed by atoms with Gasteiger partial charge >= 0.3 is 0 Å². The molecule has 0 aliphatic rings. The largest absolute Gasteiger partial charge is 0.310 e. The van der Waals surface area contributed by atoms with Crippen molar-refractivity contribution < 1.29 is 0 Å². The lowest BCUT2D eigenvalue weighted by Gasteiger charge is -2.03. The van der Waals surface area contributed by atoms with Crippen molar-refractivity contribution >= 4 is 11.8 Å². The van der Waals surface area contributed by atoms with Gasteiger partial charge in [-0.2, -0.15) is 11.8 Å². The van der Waals surface area contributed by atoms with E-state index in [2.05, 4.69) is 22.2 Å². The molecule has 0 aromatic carbocycles. The lowest BCUT2D eigenvalue weighted by molar-refractivity contribution is 0.709. The monoisotopic (exact) mass is 211 g/mol. The average molecular weight is 211 g/mol. The lowest BCUT2D eigenvalue weighted by atomic mass is 10.4. The average Bonchev–Trinajstić information content (AvgIpc) is 2.18. The molecule has 14 heavy (non-hydrogen) atoms. The Balaban J connectivity index is 2.18. The van der Waals surface area contributed by atoms with Crippen LogP contribution in [0.15, 0.2) is 12.3 Å². The second-order valence-electron chi connectivity index (χ2n) is 2.97. The normalized spacial score (nSPS) is 10.4. The van der Waals surface area contributed by atoms with Crippen molar-refractivity contribution in [3.8, 4) is 0 Å². The Labute approximate surface area is 89.7 Å². The Hall–Kier alpha value is -0.610. The van der Waals surface area contributed by atoms with Gasteiger partial charge in [0.1, 0.15) is 5.82 Å². The summed E-state index contributed by atoms with van der Waals surface area (Å²) in [5.74, 6) is 3.20. The molecule has 1 heterocycles. The third kappa shape index (κ3) is 4.58. The molecule has 0 aliphatic heterocycles. The van der Waals surface area contributed by atoms with E-state index in [-0.39, 0.29) is 0 Å². The van der Waals surface area contributed by atoms with Crippen LogP contribution >= 0.6 is 11.8 Å². The Bertz CT molecular complexity index is 265. The number of aromatic nitrogens is 2. The molecule has 1 rings (SSSR count). The molecule has 0 amide bonds. The van der Waals surface area contributed by atoms with Crippen molar-refractivity contribution in [2.45, 2.75) is 20.4 Å². The summed E-state index contributed by atoms with van der Waals surface area (Å²) in [6, 6.07) is 1.95. The number of aryl methyl sites for hydroxylation is 1. The van der Waals surface area contributed by atoms with Crippen molar-refractivity contribution in [1.29, 1.82) is 0 Å². The molecule has 0 unspecified atom stereocenters. The molecule has 0 spiro atoms. The van der Waals surface area contributed by atoms with E-state index in [9.17, 15) is 0 Å². The van der Waals surface area contributed by atoms with Gasteiger partial charge < -0.3 is 5.32 Å². The molecule has 0 saturated carbocycles. The lowest BCUT2D eigenvalue weighted by Crippen LogP contribution is -2.17. The predicted octanol–water partition coefficient (Wildman–Crippen LogP) is 1.63. The molecule has 0 atom stereocenters. The summed E-state index contributed by atoms with van der Waals surface area (Å²) in [6.45, 7) is 5.98. The summed E-state index contributed by atoms with van der Waals surface area (Å²) in [5.41, 5.74) is 1.07. The van der Waals surface area contributed by atoms with Crippen molar-refractivity contribution in [3.05, 3.63) is 23.8 Å². The van der Waals surface area contributed by atoms with E-state index in [1.54, 1.807) is 6.20 Å². The maximum Gasteiger partial charge on any atom is 0.125 e. The van der Waals surface area contributed by atoms with Crippen LogP contribution in [0.1, 0.15) is 18.4 Å². The molecule has 3 nitrogen and oxygen atoms in total. The minimum atomic E-state index is 0.840. The molecule has 1 N–H and O–H groups in total. The van der Waals surface area contributed by atoms with E-state index in [0.717, 1.165) is 24.6 Å². The highest BCUT2D eigenvalue weighted by Gasteiger charge is 1.94. The van der Waals surface area contributed by atoms with Crippen LogP contribution in [0.4, 0.5) is 0 Å². The molecule has 0 bridgehead atoms. The zero-order valence-electron chi connectivity index (χ0n) is 8.79. The van der Waals surface area contributed by atoms with Crippen LogP contribution in [0.2, 0.25) is 0 Å². The van der Waals surface area contributed by atoms with Crippen molar-refractivity contribution in [3.63, 3.8) is 0 Å². The van der Waals surface area contributed by atoms with Gasteiger partial charge in [0, 0.05) is 25.0 Å². The minimum absolute atomic E-state index is 0.840. The van der Waals surface area contributed by atoms with E-state index < -0.39 is 0 Å². The second kappa shape index (κ2) is 6.79. The SMILES string of the molecule is CCSCCNCc1ccnc(C)n1. The van der Waals surface area contributed by atoms with Crippen LogP contribution in [-0.2, 0) is 6.54 Å². The highest BCUT2D eigenvalue weighted by Crippen LogP contribution is 1.97. The summed E-state index contributed by atoms with van der Waals surface area (Å²) in [4.78, 5) is 8.37. The van der Waals surface area contributed by atoms with Crippen molar-refractivity contribution in [2.75, 3.05) is 18.1 Å². The summed E-state index contributed by atoms with van der Waals surface area (Å²) in [7, 11) is 0. The van der Waals surface area contributed by atoms with E-state index in [0.29, 0.717) is 0 Å². The molecule has 1 aromatic rings. The van der Waals surface area contributed by atoms with Gasteiger partial charge in [0.15, 0.2) is 0 Å². The smallest absolute Gasteiger partial charge is 0.125 e. The van der Waals surface area contributed by atoms with Gasteiger partial charge in [0.05, 0.1) is 5.69 Å². The van der Waals surface area contributed by atoms with Gasteiger partial charge in [-0.1, -0.05) is 6.92 Å². The molecular formula is C10H17N3S. The summed E-state index contributed by atoms with van der Waals surface area (Å²) in [5, 5.41) is 3.35. The van der Waals surface area contributed by atoms with Crippen molar-refractivity contribution in [2.24, 2.45) is 0 Å². The number of hydrogen-bond acceptors (Lipinski definition) is 4. The Kier molecular flexibility index (Phi) is 5.56. The number of thioether (sulfide) groups is 1. The molecule has 0 saturated heterocycles. The Morgan fingerprint density at radius 1 is 1.50 bits per heavy atom. The number of rotatable bonds is 6. The van der Waals surface area contributed by atoms with Crippen LogP contribution in [0, 0.1) is 6.92 Å². The van der Waals surface area contributed by atoms with E-state index in [4.69, 9.17) is 0 Å². The maximum atomic E-state index is 4.31. The van der Waals surface area contributed by atoms with E-state index >= 15 is 0 Å². The molecule has 0 fully saturated rings. The zero-order valence-corrected chi connectivity index (χ0v) is 9.60. The van der Waals surface area contributed by atoms with Gasteiger partial charge in [-0.05, 0) is 18.7 Å². The first-order valence-corrected chi connectivity index (χ1v) is 6.05. The predicted molar refractivity (Wildman–Crippen MR) is 61.5 cm³/mol. The fourth-order valence-corrected chi connectivity index (χ4v) is 1.69. The van der Waals surface area contributed by atoms with Gasteiger partial charge in [-0.3, -0.25) is 0 Å². The standard InChI is InChI=1S/C10H17N3S/c1-3-14-7-6-11-8-10-4-5-12-9(2)13-10/h4-5,11H,3,6-8H2,1-2H3. The van der Waals surface area contributed by atoms with Gasteiger partial charge in [0.2, 0.25) is 0 Å². The van der Waals surface area contributed by atoms with Crippen LogP contribution < -0.4 is 5.32 Å². The third-order valence-electron chi connectivity index (χ3n) is 1.77. The molecule has 4 heteroatoms. The highest BCUT2D eigenvalue weighted by molar-refractivity contribution is 7.99. The minimum Gasteiger partial charge on any atom is -0.310 e. The Morgan fingerprint density at radius 3 is 3.07 bits per heavy atom. The molecule has 78 valence electrons. The summed E-state index contributed by atoms with van der Waals surface area (Å²) >= 11 is 1.95. The maximum absolute atomic E-state index is 4.31. The molecule has 1 aromatic heterocycles. The van der Waals surface area contributed by atoms with E-state index in [1.165, 1.54) is 11.5 Å². The van der Waals surface area contributed by atoms with Crippen LogP contribution in [0.3, 0.4) is 0 Å². The zero-order chi connectivity index (χ0) is 10.2. The first-order valence-electron chi connectivity index (χ1n) is 4.90. The van der Waals surface area contributed by atoms with Gasteiger partial charge in [0.25, 0.3) is 0 Å². The fourth-order valence-electron chi connectivity index (χ4n) is 1.11. The van der Waals surface area contributed by atoms with Crippen LogP contribution in [-0.4, -0.2) is 28.0 Å². The third-order valence-corrected chi connectivity index (χ3v) is 2.67. The highest BCUT2D eigenvalue weighted by atomic mass is 32.2. The van der Waals surface area contributed by atoms with Crippen LogP contribution in [0.5, 0.6) is 0 Å². The van der Waals surface area contributed by atoms with E-state index in [1.807, 2.05) is 24.8 Å². The summed E-state index contributed by atoms with van der Waals surface area (Å²) < 4.78 is 0. The number of hydrogen-bond donors (Lipinski definition) is 1. The quantitative estimate of drug-likeness (QED) is 0.726. The first kappa shape index (κ1) is 11.5. The van der Waals surface area contributed by atoms with Gasteiger partial charge in [-0.15, -0.1) is 0 Å². The number of nitrogens with one attached hydrogen (secondary N) is 1.